The maximum absolute atomic E-state index is 11.0. The van der Waals surface area contributed by atoms with E-state index >= 15 is 0 Å². The van der Waals surface area contributed by atoms with Crippen LogP contribution in [0.2, 0.25) is 0 Å². The molecule has 0 fully saturated rings. The molecular weight excluding hydrogens is 268 g/mol. The summed E-state index contributed by atoms with van der Waals surface area (Å²) in [7, 11) is 0. The molecule has 6 nitrogen and oxygen atoms in total. The van der Waals surface area contributed by atoms with Gasteiger partial charge in [0.2, 0.25) is 11.8 Å². The predicted octanol–water partition coefficient (Wildman–Crippen LogP) is 2.10. The number of aromatic nitrogens is 2. The van der Waals surface area contributed by atoms with Crippen LogP contribution >= 0.6 is 0 Å². The van der Waals surface area contributed by atoms with Gasteiger partial charge in [-0.25, -0.2) is 4.98 Å². The number of carbonyl (C=O) groups excluding carboxylic acids is 1. The highest BCUT2D eigenvalue weighted by atomic mass is 16.5. The lowest BCUT2D eigenvalue weighted by atomic mass is 10.1. The van der Waals surface area contributed by atoms with Crippen molar-refractivity contribution in [2.24, 2.45) is 5.73 Å². The Bertz CT molecular complexity index is 816. The Morgan fingerprint density at radius 1 is 1.10 bits per heavy atom. The number of fused-ring (bicyclic) bond motifs is 1. The number of hydrogen-bond donors (Lipinski definition) is 2. The molecule has 104 valence electrons. The summed E-state index contributed by atoms with van der Waals surface area (Å²) in [6, 6.07) is 10.3. The Hall–Kier alpha value is -3.15. The van der Waals surface area contributed by atoms with Crippen LogP contribution in [0.5, 0.6) is 11.6 Å². The molecule has 1 aromatic carbocycles. The van der Waals surface area contributed by atoms with E-state index in [-0.39, 0.29) is 0 Å². The second-order valence-corrected chi connectivity index (χ2v) is 4.40. The minimum atomic E-state index is -0.534. The number of nitrogen functional groups attached to an aromatic ring is 1. The fourth-order valence-electron chi connectivity index (χ4n) is 1.95. The number of anilines is 1. The fraction of sp³-hybridized carbons (Fsp3) is 0. The van der Waals surface area contributed by atoms with Gasteiger partial charge in [0, 0.05) is 29.5 Å². The van der Waals surface area contributed by atoms with Gasteiger partial charge < -0.3 is 16.2 Å². The molecule has 3 aromatic rings. The predicted molar refractivity (Wildman–Crippen MR) is 79.0 cm³/mol. The van der Waals surface area contributed by atoms with Gasteiger partial charge in [0.25, 0.3) is 0 Å². The first-order chi connectivity index (χ1) is 10.1. The first-order valence-electron chi connectivity index (χ1n) is 6.22. The molecule has 1 amide bonds. The third kappa shape index (κ3) is 2.46. The third-order valence-electron chi connectivity index (χ3n) is 3.00. The number of pyridine rings is 2. The van der Waals surface area contributed by atoms with Gasteiger partial charge in [-0.3, -0.25) is 9.78 Å². The number of benzene rings is 1. The van der Waals surface area contributed by atoms with E-state index in [4.69, 9.17) is 16.2 Å². The molecule has 4 N–H and O–H groups in total. The molecule has 0 aliphatic carbocycles. The van der Waals surface area contributed by atoms with Gasteiger partial charge in [0.1, 0.15) is 5.52 Å². The van der Waals surface area contributed by atoms with E-state index in [0.717, 1.165) is 5.39 Å². The number of carbonyl (C=O) groups is 1. The van der Waals surface area contributed by atoms with E-state index in [1.165, 1.54) is 6.20 Å². The highest BCUT2D eigenvalue weighted by Crippen LogP contribution is 2.30. The van der Waals surface area contributed by atoms with Crippen LogP contribution in [-0.2, 0) is 0 Å². The van der Waals surface area contributed by atoms with Crippen LogP contribution in [0.15, 0.2) is 48.8 Å². The highest BCUT2D eigenvalue weighted by Gasteiger charge is 2.08. The summed E-state index contributed by atoms with van der Waals surface area (Å²) in [4.78, 5) is 19.3. The van der Waals surface area contributed by atoms with Crippen LogP contribution in [0.3, 0.4) is 0 Å². The number of nitrogens with two attached hydrogens (primary N) is 2. The normalized spacial score (nSPS) is 10.5. The molecule has 2 heterocycles. The summed E-state index contributed by atoms with van der Waals surface area (Å²) < 4.78 is 5.70. The van der Waals surface area contributed by atoms with Crippen molar-refractivity contribution in [3.8, 4) is 11.6 Å². The lowest BCUT2D eigenvalue weighted by Crippen LogP contribution is -2.10. The van der Waals surface area contributed by atoms with Gasteiger partial charge >= 0.3 is 0 Å². The zero-order valence-corrected chi connectivity index (χ0v) is 11.0. The van der Waals surface area contributed by atoms with E-state index in [9.17, 15) is 4.79 Å². The van der Waals surface area contributed by atoms with Crippen LogP contribution in [-0.4, -0.2) is 15.9 Å². The molecule has 0 aliphatic rings. The van der Waals surface area contributed by atoms with Crippen molar-refractivity contribution in [3.63, 3.8) is 0 Å². The first kappa shape index (κ1) is 12.9. The summed E-state index contributed by atoms with van der Waals surface area (Å²) in [5.41, 5.74) is 12.7. The molecule has 0 spiro atoms. The molecular formula is C15H12N4O2. The second-order valence-electron chi connectivity index (χ2n) is 4.40. The average Bonchev–Trinajstić information content (AvgIpc) is 2.51. The Balaban J connectivity index is 1.98. The van der Waals surface area contributed by atoms with Crippen molar-refractivity contribution in [1.29, 1.82) is 0 Å². The summed E-state index contributed by atoms with van der Waals surface area (Å²) >= 11 is 0. The quantitative estimate of drug-likeness (QED) is 0.715. The van der Waals surface area contributed by atoms with Crippen LogP contribution in [0.4, 0.5) is 5.69 Å². The van der Waals surface area contributed by atoms with Crippen LogP contribution in [0.25, 0.3) is 10.9 Å². The van der Waals surface area contributed by atoms with Crippen LogP contribution < -0.4 is 16.2 Å². The molecule has 6 heteroatoms. The summed E-state index contributed by atoms with van der Waals surface area (Å²) in [5.74, 6) is 0.351. The summed E-state index contributed by atoms with van der Waals surface area (Å²) in [6.07, 6.45) is 3.03. The zero-order chi connectivity index (χ0) is 14.8. The van der Waals surface area contributed by atoms with Crippen molar-refractivity contribution in [2.45, 2.75) is 0 Å². The molecule has 0 aliphatic heterocycles. The smallest absolute Gasteiger partial charge is 0.250 e. The molecule has 0 bridgehead atoms. The van der Waals surface area contributed by atoms with E-state index in [2.05, 4.69) is 9.97 Å². The Labute approximate surface area is 120 Å². The van der Waals surface area contributed by atoms with Gasteiger partial charge in [-0.15, -0.1) is 0 Å². The molecule has 21 heavy (non-hydrogen) atoms. The maximum atomic E-state index is 11.0. The van der Waals surface area contributed by atoms with E-state index in [0.29, 0.717) is 28.4 Å². The van der Waals surface area contributed by atoms with Gasteiger partial charge in [-0.05, 0) is 30.3 Å². The average molecular weight is 280 g/mol. The number of ether oxygens (including phenoxy) is 1. The first-order valence-corrected chi connectivity index (χ1v) is 6.22. The molecule has 0 atom stereocenters. The monoisotopic (exact) mass is 280 g/mol. The zero-order valence-electron chi connectivity index (χ0n) is 11.0. The van der Waals surface area contributed by atoms with Gasteiger partial charge in [0.15, 0.2) is 5.75 Å². The molecule has 0 unspecified atom stereocenters. The van der Waals surface area contributed by atoms with Crippen LogP contribution in [0, 0.1) is 0 Å². The molecule has 2 aromatic heterocycles. The highest BCUT2D eigenvalue weighted by molar-refractivity contribution is 5.94. The van der Waals surface area contributed by atoms with Gasteiger partial charge in [0.05, 0.1) is 5.56 Å². The standard InChI is InChI=1S/C15H12N4O2/c16-11-4-5-12(14-10(11)2-1-7-18-14)21-13-6-3-9(8-19-13)15(17)20/h1-8H,16H2,(H2,17,20). The van der Waals surface area contributed by atoms with Crippen molar-refractivity contribution in [2.75, 3.05) is 5.73 Å². The molecule has 0 saturated heterocycles. The number of hydrogen-bond acceptors (Lipinski definition) is 5. The van der Waals surface area contributed by atoms with Gasteiger partial charge in [-0.2, -0.15) is 0 Å². The lowest BCUT2D eigenvalue weighted by molar-refractivity contribution is 0.1000. The van der Waals surface area contributed by atoms with Crippen LogP contribution in [0.1, 0.15) is 10.4 Å². The number of nitrogens with zero attached hydrogens (tertiary/aromatic N) is 2. The minimum Gasteiger partial charge on any atom is -0.437 e. The van der Waals surface area contributed by atoms with Crippen molar-refractivity contribution < 1.29 is 9.53 Å². The fourth-order valence-corrected chi connectivity index (χ4v) is 1.95. The summed E-state index contributed by atoms with van der Waals surface area (Å²) in [5, 5.41) is 0.809. The second kappa shape index (κ2) is 5.09. The minimum absolute atomic E-state index is 0.322. The van der Waals surface area contributed by atoms with Crippen molar-refractivity contribution in [1.82, 2.24) is 9.97 Å². The van der Waals surface area contributed by atoms with E-state index in [1.807, 2.05) is 12.1 Å². The molecule has 0 saturated carbocycles. The number of amides is 1. The van der Waals surface area contributed by atoms with E-state index < -0.39 is 5.91 Å². The Kier molecular flexibility index (Phi) is 3.12. The van der Waals surface area contributed by atoms with Gasteiger partial charge in [-0.1, -0.05) is 0 Å². The topological polar surface area (TPSA) is 104 Å². The largest absolute Gasteiger partial charge is 0.437 e. The number of primary amides is 1. The lowest BCUT2D eigenvalue weighted by Gasteiger charge is -2.09. The number of rotatable bonds is 3. The molecule has 3 rings (SSSR count). The SMILES string of the molecule is NC(=O)c1ccc(Oc2ccc(N)c3cccnc23)nc1. The molecule has 0 radical (unpaired) electrons. The van der Waals surface area contributed by atoms with Crippen molar-refractivity contribution in [3.05, 3.63) is 54.4 Å². The summed E-state index contributed by atoms with van der Waals surface area (Å²) in [6.45, 7) is 0. The Morgan fingerprint density at radius 3 is 2.67 bits per heavy atom. The Morgan fingerprint density at radius 2 is 1.95 bits per heavy atom. The van der Waals surface area contributed by atoms with Crippen molar-refractivity contribution >= 4 is 22.5 Å². The third-order valence-corrected chi connectivity index (χ3v) is 3.00. The van der Waals surface area contributed by atoms with E-state index in [1.54, 1.807) is 30.5 Å². The maximum Gasteiger partial charge on any atom is 0.250 e.